The van der Waals surface area contributed by atoms with Gasteiger partial charge < -0.3 is 20.3 Å². The van der Waals surface area contributed by atoms with Crippen LogP contribution in [0.2, 0.25) is 0 Å². The lowest BCUT2D eigenvalue weighted by molar-refractivity contribution is -0.274. The van der Waals surface area contributed by atoms with Gasteiger partial charge in [-0.15, -0.1) is 13.2 Å². The van der Waals surface area contributed by atoms with Gasteiger partial charge in [0.1, 0.15) is 5.75 Å². The second-order valence-electron chi connectivity index (χ2n) is 6.04. The Morgan fingerprint density at radius 2 is 1.92 bits per heavy atom. The summed E-state index contributed by atoms with van der Waals surface area (Å²) in [6.07, 6.45) is -4.75. The molecule has 0 aromatic heterocycles. The first kappa shape index (κ1) is 17.9. The van der Waals surface area contributed by atoms with Crippen LogP contribution in [-0.4, -0.2) is 26.0 Å². The Hall–Kier alpha value is -2.90. The summed E-state index contributed by atoms with van der Waals surface area (Å²) in [7, 11) is 1.96. The highest BCUT2D eigenvalue weighted by Gasteiger charge is 2.31. The van der Waals surface area contributed by atoms with E-state index >= 15 is 0 Å². The molecule has 138 valence electrons. The van der Waals surface area contributed by atoms with Gasteiger partial charge in [0.2, 0.25) is 0 Å². The lowest BCUT2D eigenvalue weighted by Gasteiger charge is -2.18. The zero-order valence-electron chi connectivity index (χ0n) is 14.3. The van der Waals surface area contributed by atoms with E-state index in [0.29, 0.717) is 13.2 Å². The summed E-state index contributed by atoms with van der Waals surface area (Å²) >= 11 is 0. The molecule has 1 amide bonds. The number of hydrogen-bond donors (Lipinski definition) is 2. The first-order chi connectivity index (χ1) is 12.2. The molecule has 0 fully saturated rings. The number of carbonyl (C=O) groups excluding carboxylic acids is 1. The van der Waals surface area contributed by atoms with Crippen molar-refractivity contribution >= 4 is 17.3 Å². The Morgan fingerprint density at radius 1 is 1.23 bits per heavy atom. The Balaban J connectivity index is 1.69. The van der Waals surface area contributed by atoms with Crippen molar-refractivity contribution < 1.29 is 22.7 Å². The first-order valence-corrected chi connectivity index (χ1v) is 7.96. The first-order valence-electron chi connectivity index (χ1n) is 7.96. The molecule has 0 atom stereocenters. The number of halogens is 3. The second-order valence-corrected chi connectivity index (χ2v) is 6.04. The number of benzene rings is 2. The minimum Gasteiger partial charge on any atom is -0.406 e. The molecule has 0 bridgehead atoms. The molecule has 0 saturated carbocycles. The summed E-state index contributed by atoms with van der Waals surface area (Å²) in [4.78, 5) is 14.4. The Labute approximate surface area is 148 Å². The second kappa shape index (κ2) is 6.78. The van der Waals surface area contributed by atoms with Crippen LogP contribution < -0.4 is 20.3 Å². The van der Waals surface area contributed by atoms with Crippen LogP contribution in [0.3, 0.4) is 0 Å². The molecule has 5 nitrogen and oxygen atoms in total. The molecular weight excluding hydrogens is 347 g/mol. The fraction of sp³-hybridized carbons (Fsp3) is 0.278. The molecule has 1 heterocycles. The van der Waals surface area contributed by atoms with Crippen molar-refractivity contribution in [1.29, 1.82) is 0 Å². The standard InChI is InChI=1S/C18H18F3N3O2/c1-11-3-8-15-16(24(2)10-23-15)14(11)9-22-17(25)12-4-6-13(7-5-12)26-18(19,20)21/h3-8,23H,9-10H2,1-2H3,(H,22,25). The fourth-order valence-corrected chi connectivity index (χ4v) is 2.90. The van der Waals surface area contributed by atoms with Gasteiger partial charge in [-0.2, -0.15) is 0 Å². The molecule has 0 unspecified atom stereocenters. The summed E-state index contributed by atoms with van der Waals surface area (Å²) in [6, 6.07) is 8.81. The van der Waals surface area contributed by atoms with Crippen molar-refractivity contribution in [2.75, 3.05) is 23.9 Å². The monoisotopic (exact) mass is 365 g/mol. The van der Waals surface area contributed by atoms with Gasteiger partial charge in [0.05, 0.1) is 18.0 Å². The fourth-order valence-electron chi connectivity index (χ4n) is 2.90. The number of amides is 1. The summed E-state index contributed by atoms with van der Waals surface area (Å²) in [5, 5.41) is 6.09. The largest absolute Gasteiger partial charge is 0.573 e. The molecule has 2 N–H and O–H groups in total. The molecule has 8 heteroatoms. The van der Waals surface area contributed by atoms with E-state index in [2.05, 4.69) is 20.3 Å². The van der Waals surface area contributed by atoms with Crippen LogP contribution in [0, 0.1) is 6.92 Å². The molecule has 0 spiro atoms. The highest BCUT2D eigenvalue weighted by atomic mass is 19.4. The maximum absolute atomic E-state index is 12.3. The summed E-state index contributed by atoms with van der Waals surface area (Å²) in [5.74, 6) is -0.729. The maximum atomic E-state index is 12.3. The molecule has 0 saturated heterocycles. The van der Waals surface area contributed by atoms with Gasteiger partial charge in [-0.1, -0.05) is 6.07 Å². The number of aryl methyl sites for hydroxylation is 1. The van der Waals surface area contributed by atoms with Crippen molar-refractivity contribution in [3.8, 4) is 5.75 Å². The number of ether oxygens (including phenoxy) is 1. The number of nitrogens with one attached hydrogen (secondary N) is 2. The van der Waals surface area contributed by atoms with Crippen molar-refractivity contribution in [1.82, 2.24) is 5.32 Å². The predicted octanol–water partition coefficient (Wildman–Crippen LogP) is 3.64. The van der Waals surface area contributed by atoms with E-state index in [0.717, 1.165) is 34.6 Å². The molecule has 2 aromatic rings. The molecule has 26 heavy (non-hydrogen) atoms. The molecular formula is C18H18F3N3O2. The van der Waals surface area contributed by atoms with Crippen LogP contribution >= 0.6 is 0 Å². The van der Waals surface area contributed by atoms with Gasteiger partial charge in [0.15, 0.2) is 0 Å². The molecule has 2 aromatic carbocycles. The van der Waals surface area contributed by atoms with E-state index < -0.39 is 6.36 Å². The molecule has 0 radical (unpaired) electrons. The lowest BCUT2D eigenvalue weighted by Crippen LogP contribution is -2.25. The van der Waals surface area contributed by atoms with Crippen LogP contribution in [0.15, 0.2) is 36.4 Å². The Morgan fingerprint density at radius 3 is 2.58 bits per heavy atom. The van der Waals surface area contributed by atoms with Gasteiger partial charge in [0, 0.05) is 19.2 Å². The van der Waals surface area contributed by atoms with E-state index in [1.165, 1.54) is 12.1 Å². The number of fused-ring (bicyclic) bond motifs is 1. The molecule has 3 rings (SSSR count). The lowest BCUT2D eigenvalue weighted by atomic mass is 10.0. The molecule has 1 aliphatic heterocycles. The third-order valence-corrected chi connectivity index (χ3v) is 4.18. The normalized spacial score (nSPS) is 13.2. The van der Waals surface area contributed by atoms with E-state index in [1.807, 2.05) is 26.1 Å². The summed E-state index contributed by atoms with van der Waals surface area (Å²) in [6.45, 7) is 2.98. The zero-order valence-corrected chi connectivity index (χ0v) is 14.3. The van der Waals surface area contributed by atoms with Crippen LogP contribution in [0.25, 0.3) is 0 Å². The number of hydrogen-bond acceptors (Lipinski definition) is 4. The number of nitrogens with zero attached hydrogens (tertiary/aromatic N) is 1. The summed E-state index contributed by atoms with van der Waals surface area (Å²) < 4.78 is 40.3. The van der Waals surface area contributed by atoms with E-state index in [1.54, 1.807) is 0 Å². The van der Waals surface area contributed by atoms with Crippen LogP contribution in [-0.2, 0) is 6.54 Å². The zero-order chi connectivity index (χ0) is 18.9. The van der Waals surface area contributed by atoms with Gasteiger partial charge in [0.25, 0.3) is 5.91 Å². The Kier molecular flexibility index (Phi) is 4.67. The van der Waals surface area contributed by atoms with Crippen molar-refractivity contribution in [2.45, 2.75) is 19.8 Å². The SMILES string of the molecule is Cc1ccc2c(c1CNC(=O)c1ccc(OC(F)(F)F)cc1)N(C)CN2. The number of carbonyl (C=O) groups is 1. The average molecular weight is 365 g/mol. The van der Waals surface area contributed by atoms with Crippen molar-refractivity contribution in [3.63, 3.8) is 0 Å². The van der Waals surface area contributed by atoms with Gasteiger partial charge in [-0.05, 0) is 48.4 Å². The van der Waals surface area contributed by atoms with Crippen LogP contribution in [0.1, 0.15) is 21.5 Å². The van der Waals surface area contributed by atoms with E-state index in [9.17, 15) is 18.0 Å². The molecule has 1 aliphatic rings. The third-order valence-electron chi connectivity index (χ3n) is 4.18. The Bertz CT molecular complexity index is 820. The minimum absolute atomic E-state index is 0.260. The summed E-state index contributed by atoms with van der Waals surface area (Å²) in [5.41, 5.74) is 4.36. The van der Waals surface area contributed by atoms with Crippen LogP contribution in [0.4, 0.5) is 24.5 Å². The number of anilines is 2. The number of alkyl halides is 3. The minimum atomic E-state index is -4.75. The molecule has 0 aliphatic carbocycles. The maximum Gasteiger partial charge on any atom is 0.573 e. The average Bonchev–Trinajstić information content (AvgIpc) is 2.94. The topological polar surface area (TPSA) is 53.6 Å². The smallest absolute Gasteiger partial charge is 0.406 e. The third kappa shape index (κ3) is 3.84. The predicted molar refractivity (Wildman–Crippen MR) is 92.4 cm³/mol. The quantitative estimate of drug-likeness (QED) is 0.869. The number of rotatable bonds is 4. The van der Waals surface area contributed by atoms with Gasteiger partial charge in [-0.25, -0.2) is 0 Å². The van der Waals surface area contributed by atoms with Crippen LogP contribution in [0.5, 0.6) is 5.75 Å². The van der Waals surface area contributed by atoms with Crippen molar-refractivity contribution in [3.05, 3.63) is 53.1 Å². The van der Waals surface area contributed by atoms with Crippen molar-refractivity contribution in [2.24, 2.45) is 0 Å². The van der Waals surface area contributed by atoms with E-state index in [4.69, 9.17) is 0 Å². The van der Waals surface area contributed by atoms with E-state index in [-0.39, 0.29) is 17.2 Å². The van der Waals surface area contributed by atoms with Gasteiger partial charge in [-0.3, -0.25) is 4.79 Å². The highest BCUT2D eigenvalue weighted by molar-refractivity contribution is 5.94. The highest BCUT2D eigenvalue weighted by Crippen LogP contribution is 2.35. The van der Waals surface area contributed by atoms with Gasteiger partial charge >= 0.3 is 6.36 Å².